The minimum atomic E-state index is 0.0210. The van der Waals surface area contributed by atoms with Crippen LogP contribution in [0.25, 0.3) is 0 Å². The van der Waals surface area contributed by atoms with Gasteiger partial charge in [-0.3, -0.25) is 14.7 Å². The van der Waals surface area contributed by atoms with Gasteiger partial charge in [-0.2, -0.15) is 0 Å². The maximum atomic E-state index is 12.1. The normalized spacial score (nSPS) is 15.7. The minimum Gasteiger partial charge on any atom is -0.468 e. The Labute approximate surface area is 178 Å². The standard InChI is InChI=1S/C23H33N5O2/c1-2-24-23(25-13-12-22(29)26-17-19-9-4-3-5-10-19)27-18-20(21-11-8-16-30-21)28-14-6-7-15-28/h3-5,8-11,16,20H,2,6-7,12-15,17-18H2,1H3,(H,26,29)(H2,24,25,27). The topological polar surface area (TPSA) is 81.9 Å². The minimum absolute atomic E-state index is 0.0210. The van der Waals surface area contributed by atoms with Gasteiger partial charge in [0.1, 0.15) is 5.76 Å². The van der Waals surface area contributed by atoms with Crippen LogP contribution in [0.4, 0.5) is 0 Å². The molecule has 0 radical (unpaired) electrons. The number of likely N-dealkylation sites (tertiary alicyclic amines) is 1. The molecule has 3 N–H and O–H groups in total. The van der Waals surface area contributed by atoms with Crippen molar-refractivity contribution in [3.63, 3.8) is 0 Å². The molecule has 1 atom stereocenters. The fourth-order valence-corrected chi connectivity index (χ4v) is 3.62. The first-order valence-corrected chi connectivity index (χ1v) is 10.9. The molecule has 1 aliphatic rings. The smallest absolute Gasteiger partial charge is 0.222 e. The number of carbonyl (C=O) groups excluding carboxylic acids is 1. The van der Waals surface area contributed by atoms with Crippen LogP contribution in [0.2, 0.25) is 0 Å². The largest absolute Gasteiger partial charge is 0.468 e. The highest BCUT2D eigenvalue weighted by Gasteiger charge is 2.25. The van der Waals surface area contributed by atoms with E-state index in [1.807, 2.05) is 49.4 Å². The molecule has 2 aromatic rings. The van der Waals surface area contributed by atoms with E-state index in [1.54, 1.807) is 6.26 Å². The van der Waals surface area contributed by atoms with Gasteiger partial charge in [0, 0.05) is 26.1 Å². The highest BCUT2D eigenvalue weighted by molar-refractivity contribution is 5.81. The zero-order valence-electron chi connectivity index (χ0n) is 17.8. The van der Waals surface area contributed by atoms with Crippen LogP contribution >= 0.6 is 0 Å². The van der Waals surface area contributed by atoms with E-state index in [2.05, 4.69) is 20.9 Å². The lowest BCUT2D eigenvalue weighted by Gasteiger charge is -2.24. The fraction of sp³-hybridized carbons (Fsp3) is 0.478. The molecule has 30 heavy (non-hydrogen) atoms. The molecule has 7 nitrogen and oxygen atoms in total. The molecule has 3 rings (SSSR count). The lowest BCUT2D eigenvalue weighted by Crippen LogP contribution is -2.40. The summed E-state index contributed by atoms with van der Waals surface area (Å²) in [5, 5.41) is 9.49. The second-order valence-corrected chi connectivity index (χ2v) is 7.43. The van der Waals surface area contributed by atoms with E-state index in [-0.39, 0.29) is 11.9 Å². The van der Waals surface area contributed by atoms with Gasteiger partial charge in [-0.25, -0.2) is 0 Å². The highest BCUT2D eigenvalue weighted by Crippen LogP contribution is 2.25. The van der Waals surface area contributed by atoms with Gasteiger partial charge in [0.15, 0.2) is 5.96 Å². The number of carbonyl (C=O) groups is 1. The Hall–Kier alpha value is -2.80. The first kappa shape index (κ1) is 21.9. The van der Waals surface area contributed by atoms with Crippen LogP contribution in [0.15, 0.2) is 58.1 Å². The van der Waals surface area contributed by atoms with Crippen molar-refractivity contribution in [3.05, 3.63) is 60.1 Å². The maximum Gasteiger partial charge on any atom is 0.222 e. The molecule has 1 unspecified atom stereocenters. The third-order valence-electron chi connectivity index (χ3n) is 5.20. The fourth-order valence-electron chi connectivity index (χ4n) is 3.62. The van der Waals surface area contributed by atoms with Crippen molar-refractivity contribution in [2.24, 2.45) is 4.99 Å². The summed E-state index contributed by atoms with van der Waals surface area (Å²) < 4.78 is 5.67. The molecule has 0 saturated carbocycles. The molecule has 1 aromatic carbocycles. The summed E-state index contributed by atoms with van der Waals surface area (Å²) in [6.07, 6.45) is 4.55. The summed E-state index contributed by atoms with van der Waals surface area (Å²) in [5.74, 6) is 1.70. The monoisotopic (exact) mass is 411 g/mol. The average Bonchev–Trinajstić information content (AvgIpc) is 3.48. The van der Waals surface area contributed by atoms with E-state index in [9.17, 15) is 4.79 Å². The third kappa shape index (κ3) is 6.91. The van der Waals surface area contributed by atoms with Crippen molar-refractivity contribution in [3.8, 4) is 0 Å². The number of hydrogen-bond donors (Lipinski definition) is 3. The van der Waals surface area contributed by atoms with Crippen LogP contribution in [0.3, 0.4) is 0 Å². The van der Waals surface area contributed by atoms with Crippen molar-refractivity contribution in [2.75, 3.05) is 32.7 Å². The van der Waals surface area contributed by atoms with E-state index in [0.29, 0.717) is 26.1 Å². The molecule has 0 aliphatic carbocycles. The van der Waals surface area contributed by atoms with Gasteiger partial charge in [-0.15, -0.1) is 0 Å². The molecule has 162 valence electrons. The van der Waals surface area contributed by atoms with Crippen LogP contribution in [-0.4, -0.2) is 49.5 Å². The Kier molecular flexibility index (Phi) is 8.78. The summed E-state index contributed by atoms with van der Waals surface area (Å²) in [4.78, 5) is 19.3. The van der Waals surface area contributed by atoms with E-state index in [0.717, 1.165) is 36.9 Å². The predicted molar refractivity (Wildman–Crippen MR) is 119 cm³/mol. The van der Waals surface area contributed by atoms with Crippen molar-refractivity contribution in [1.29, 1.82) is 0 Å². The molecular weight excluding hydrogens is 378 g/mol. The van der Waals surface area contributed by atoms with Crippen LogP contribution in [0.5, 0.6) is 0 Å². The van der Waals surface area contributed by atoms with Gasteiger partial charge in [0.25, 0.3) is 0 Å². The van der Waals surface area contributed by atoms with E-state index >= 15 is 0 Å². The summed E-state index contributed by atoms with van der Waals surface area (Å²) in [5.41, 5.74) is 1.10. The molecule has 0 spiro atoms. The Bertz CT molecular complexity index is 770. The van der Waals surface area contributed by atoms with Gasteiger partial charge < -0.3 is 20.4 Å². The molecule has 1 aromatic heterocycles. The second kappa shape index (κ2) is 12.0. The molecule has 1 saturated heterocycles. The number of aliphatic imine (C=N–C) groups is 1. The summed E-state index contributed by atoms with van der Waals surface area (Å²) in [6.45, 7) is 6.65. The zero-order valence-corrected chi connectivity index (χ0v) is 17.8. The molecule has 2 heterocycles. The number of rotatable bonds is 10. The van der Waals surface area contributed by atoms with Gasteiger partial charge >= 0.3 is 0 Å². The van der Waals surface area contributed by atoms with E-state index in [4.69, 9.17) is 9.41 Å². The maximum absolute atomic E-state index is 12.1. The van der Waals surface area contributed by atoms with Crippen LogP contribution in [-0.2, 0) is 11.3 Å². The SMILES string of the molecule is CCNC(=NCC(c1ccco1)N1CCCC1)NCCC(=O)NCc1ccccc1. The number of hydrogen-bond acceptors (Lipinski definition) is 4. The number of furan rings is 1. The summed E-state index contributed by atoms with van der Waals surface area (Å²) in [7, 11) is 0. The molecule has 1 aliphatic heterocycles. The number of amides is 1. The van der Waals surface area contributed by atoms with Gasteiger partial charge in [-0.05, 0) is 50.6 Å². The lowest BCUT2D eigenvalue weighted by atomic mass is 10.2. The molecular formula is C23H33N5O2. The van der Waals surface area contributed by atoms with Gasteiger partial charge in [-0.1, -0.05) is 30.3 Å². The second-order valence-electron chi connectivity index (χ2n) is 7.43. The van der Waals surface area contributed by atoms with E-state index < -0.39 is 0 Å². The van der Waals surface area contributed by atoms with Gasteiger partial charge in [0.2, 0.25) is 5.91 Å². The molecule has 1 fully saturated rings. The number of benzene rings is 1. The Balaban J connectivity index is 1.47. The third-order valence-corrected chi connectivity index (χ3v) is 5.20. The first-order valence-electron chi connectivity index (χ1n) is 10.9. The van der Waals surface area contributed by atoms with Crippen LogP contribution < -0.4 is 16.0 Å². The first-order chi connectivity index (χ1) is 14.8. The Morgan fingerprint density at radius 2 is 1.90 bits per heavy atom. The molecule has 0 bridgehead atoms. The van der Waals surface area contributed by atoms with Crippen molar-refractivity contribution in [1.82, 2.24) is 20.9 Å². The van der Waals surface area contributed by atoms with Crippen molar-refractivity contribution >= 4 is 11.9 Å². The predicted octanol–water partition coefficient (Wildman–Crippen LogP) is 2.68. The van der Waals surface area contributed by atoms with Crippen LogP contribution in [0.1, 0.15) is 43.6 Å². The Morgan fingerprint density at radius 3 is 2.60 bits per heavy atom. The number of nitrogens with zero attached hydrogens (tertiary/aromatic N) is 2. The summed E-state index contributed by atoms with van der Waals surface area (Å²) in [6, 6.07) is 14.0. The highest BCUT2D eigenvalue weighted by atomic mass is 16.3. The van der Waals surface area contributed by atoms with Crippen LogP contribution in [0, 0.1) is 0 Å². The number of nitrogens with one attached hydrogen (secondary N) is 3. The molecule has 7 heteroatoms. The van der Waals surface area contributed by atoms with Crippen molar-refractivity contribution in [2.45, 2.75) is 38.8 Å². The number of guanidine groups is 1. The zero-order chi connectivity index (χ0) is 21.0. The lowest BCUT2D eigenvalue weighted by molar-refractivity contribution is -0.121. The van der Waals surface area contributed by atoms with Gasteiger partial charge in [0.05, 0.1) is 18.8 Å². The quantitative estimate of drug-likeness (QED) is 0.414. The Morgan fingerprint density at radius 1 is 1.10 bits per heavy atom. The molecule has 1 amide bonds. The average molecular weight is 412 g/mol. The van der Waals surface area contributed by atoms with E-state index in [1.165, 1.54) is 12.8 Å². The van der Waals surface area contributed by atoms with Crippen molar-refractivity contribution < 1.29 is 9.21 Å². The summed E-state index contributed by atoms with van der Waals surface area (Å²) >= 11 is 0.